The second-order valence-electron chi connectivity index (χ2n) is 5.34. The number of amides is 1. The summed E-state index contributed by atoms with van der Waals surface area (Å²) in [6.45, 7) is -0.189. The maximum atomic E-state index is 12.1. The largest absolute Gasteiger partial charge is 0.328 e. The van der Waals surface area contributed by atoms with Crippen LogP contribution in [0.25, 0.3) is 0 Å². The van der Waals surface area contributed by atoms with Gasteiger partial charge in [0.1, 0.15) is 6.54 Å². The van der Waals surface area contributed by atoms with Crippen LogP contribution in [0.1, 0.15) is 0 Å². The molecule has 0 aliphatic rings. The van der Waals surface area contributed by atoms with Crippen molar-refractivity contribution in [3.63, 3.8) is 0 Å². The maximum Gasteiger partial charge on any atom is 0.328 e. The number of benzene rings is 2. The molecule has 1 amide bonds. The molecule has 1 heterocycles. The van der Waals surface area contributed by atoms with Gasteiger partial charge in [-0.25, -0.2) is 4.79 Å². The molecule has 0 saturated heterocycles. The molecule has 0 aliphatic carbocycles. The first-order valence-electron chi connectivity index (χ1n) is 7.63. The van der Waals surface area contributed by atoms with Crippen molar-refractivity contribution >= 4 is 35.0 Å². The summed E-state index contributed by atoms with van der Waals surface area (Å²) in [5, 5.41) is 3.39. The minimum absolute atomic E-state index is 0.189. The molecule has 3 rings (SSSR count). The minimum atomic E-state index is -0.626. The average Bonchev–Trinajstić information content (AvgIpc) is 2.61. The van der Waals surface area contributed by atoms with Gasteiger partial charge in [0, 0.05) is 27.7 Å². The van der Waals surface area contributed by atoms with Gasteiger partial charge >= 0.3 is 5.69 Å². The summed E-state index contributed by atoms with van der Waals surface area (Å²) in [6.07, 6.45) is 1.28. The number of nitrogens with zero attached hydrogens (tertiary/aromatic N) is 1. The minimum Gasteiger partial charge on any atom is -0.325 e. The third-order valence-electron chi connectivity index (χ3n) is 3.41. The Hall–Kier alpha value is -2.77. The van der Waals surface area contributed by atoms with Crippen LogP contribution in [0, 0.1) is 0 Å². The molecule has 8 heteroatoms. The molecule has 0 saturated carbocycles. The van der Waals surface area contributed by atoms with Crippen molar-refractivity contribution in [2.45, 2.75) is 16.3 Å². The lowest BCUT2D eigenvalue weighted by Gasteiger charge is -2.08. The zero-order chi connectivity index (χ0) is 18.5. The van der Waals surface area contributed by atoms with Crippen LogP contribution in [0.5, 0.6) is 0 Å². The molecule has 2 N–H and O–H groups in total. The first kappa shape index (κ1) is 18.0. The van der Waals surface area contributed by atoms with Crippen LogP contribution in [0.2, 0.25) is 5.02 Å². The second-order valence-corrected chi connectivity index (χ2v) is 6.87. The molecule has 0 fully saturated rings. The number of hydrogen-bond donors (Lipinski definition) is 2. The standard InChI is InChI=1S/C18H14ClN3O3S/c19-14-3-1-2-4-15(14)26-13-7-5-12(6-8-13)20-17(24)11-22-10-9-16(23)21-18(22)25/h1-10H,11H2,(H,20,24)(H,21,23,25). The number of aromatic nitrogens is 2. The van der Waals surface area contributed by atoms with Crippen LogP contribution in [0.3, 0.4) is 0 Å². The van der Waals surface area contributed by atoms with E-state index in [2.05, 4.69) is 10.3 Å². The molecular formula is C18H14ClN3O3S. The zero-order valence-electron chi connectivity index (χ0n) is 13.4. The number of hydrogen-bond acceptors (Lipinski definition) is 4. The Morgan fingerprint density at radius 2 is 1.81 bits per heavy atom. The third-order valence-corrected chi connectivity index (χ3v) is 4.94. The van der Waals surface area contributed by atoms with E-state index in [1.807, 2.05) is 36.4 Å². The monoisotopic (exact) mass is 387 g/mol. The Kier molecular flexibility index (Phi) is 5.60. The van der Waals surface area contributed by atoms with E-state index in [1.165, 1.54) is 24.0 Å². The zero-order valence-corrected chi connectivity index (χ0v) is 15.0. The van der Waals surface area contributed by atoms with Crippen LogP contribution in [0.4, 0.5) is 5.69 Å². The van der Waals surface area contributed by atoms with Crippen molar-refractivity contribution in [2.24, 2.45) is 0 Å². The number of H-pyrrole nitrogens is 1. The number of anilines is 1. The van der Waals surface area contributed by atoms with Gasteiger partial charge in [-0.1, -0.05) is 35.5 Å². The molecule has 3 aromatic rings. The van der Waals surface area contributed by atoms with Gasteiger partial charge in [-0.15, -0.1) is 0 Å². The van der Waals surface area contributed by atoms with Crippen LogP contribution < -0.4 is 16.6 Å². The normalized spacial score (nSPS) is 10.5. The molecule has 0 bridgehead atoms. The van der Waals surface area contributed by atoms with Gasteiger partial charge in [-0.3, -0.25) is 19.1 Å². The molecular weight excluding hydrogens is 374 g/mol. The van der Waals surface area contributed by atoms with Gasteiger partial charge in [-0.2, -0.15) is 0 Å². The molecule has 26 heavy (non-hydrogen) atoms. The molecule has 0 spiro atoms. The first-order chi connectivity index (χ1) is 12.5. The number of carbonyl (C=O) groups is 1. The fourth-order valence-corrected chi connectivity index (χ4v) is 3.27. The number of carbonyl (C=O) groups excluding carboxylic acids is 1. The lowest BCUT2D eigenvalue weighted by Crippen LogP contribution is -2.32. The van der Waals surface area contributed by atoms with E-state index < -0.39 is 11.2 Å². The summed E-state index contributed by atoms with van der Waals surface area (Å²) < 4.78 is 1.12. The molecule has 6 nitrogen and oxygen atoms in total. The van der Waals surface area contributed by atoms with Crippen molar-refractivity contribution in [3.8, 4) is 0 Å². The van der Waals surface area contributed by atoms with E-state index in [1.54, 1.807) is 12.1 Å². The number of halogens is 1. The van der Waals surface area contributed by atoms with Crippen LogP contribution >= 0.6 is 23.4 Å². The molecule has 1 aromatic heterocycles. The van der Waals surface area contributed by atoms with E-state index in [4.69, 9.17) is 11.6 Å². The first-order valence-corrected chi connectivity index (χ1v) is 8.83. The van der Waals surface area contributed by atoms with Gasteiger partial charge in [-0.05, 0) is 36.4 Å². The van der Waals surface area contributed by atoms with Gasteiger partial charge in [0.2, 0.25) is 5.91 Å². The molecule has 0 aliphatic heterocycles. The van der Waals surface area contributed by atoms with Crippen LogP contribution in [0.15, 0.2) is 80.2 Å². The molecule has 0 radical (unpaired) electrons. The van der Waals surface area contributed by atoms with E-state index in [0.717, 1.165) is 14.4 Å². The molecule has 132 valence electrons. The topological polar surface area (TPSA) is 84.0 Å². The van der Waals surface area contributed by atoms with E-state index in [0.29, 0.717) is 10.7 Å². The molecule has 0 atom stereocenters. The molecule has 0 unspecified atom stereocenters. The highest BCUT2D eigenvalue weighted by Crippen LogP contribution is 2.33. The highest BCUT2D eigenvalue weighted by atomic mass is 35.5. The Morgan fingerprint density at radius 1 is 1.08 bits per heavy atom. The third kappa shape index (κ3) is 4.65. The highest BCUT2D eigenvalue weighted by Gasteiger charge is 2.06. The summed E-state index contributed by atoms with van der Waals surface area (Å²) in [6, 6.07) is 16.0. The SMILES string of the molecule is O=C(Cn1ccc(=O)[nH]c1=O)Nc1ccc(Sc2ccccc2Cl)cc1. The van der Waals surface area contributed by atoms with E-state index in [-0.39, 0.29) is 12.5 Å². The van der Waals surface area contributed by atoms with Crippen molar-refractivity contribution in [1.29, 1.82) is 0 Å². The molecule has 2 aromatic carbocycles. The highest BCUT2D eigenvalue weighted by molar-refractivity contribution is 7.99. The quantitative estimate of drug-likeness (QED) is 0.705. The number of nitrogens with one attached hydrogen (secondary N) is 2. The fraction of sp³-hybridized carbons (Fsp3) is 0.0556. The Balaban J connectivity index is 1.63. The predicted octanol–water partition coefficient (Wildman–Crippen LogP) is 2.98. The number of aromatic amines is 1. The van der Waals surface area contributed by atoms with Crippen molar-refractivity contribution in [2.75, 3.05) is 5.32 Å². The van der Waals surface area contributed by atoms with Crippen LogP contribution in [-0.4, -0.2) is 15.5 Å². The summed E-state index contributed by atoms with van der Waals surface area (Å²) in [4.78, 5) is 38.7. The van der Waals surface area contributed by atoms with Crippen molar-refractivity contribution < 1.29 is 4.79 Å². The van der Waals surface area contributed by atoms with Crippen molar-refractivity contribution in [1.82, 2.24) is 9.55 Å². The van der Waals surface area contributed by atoms with Gasteiger partial charge in [0.25, 0.3) is 5.56 Å². The van der Waals surface area contributed by atoms with E-state index in [9.17, 15) is 14.4 Å². The van der Waals surface area contributed by atoms with Crippen LogP contribution in [-0.2, 0) is 11.3 Å². The number of rotatable bonds is 5. The Morgan fingerprint density at radius 3 is 2.50 bits per heavy atom. The summed E-state index contributed by atoms with van der Waals surface area (Å²) in [7, 11) is 0. The predicted molar refractivity (Wildman–Crippen MR) is 102 cm³/mol. The summed E-state index contributed by atoms with van der Waals surface area (Å²) in [5.74, 6) is -0.370. The lowest BCUT2D eigenvalue weighted by atomic mass is 10.3. The second kappa shape index (κ2) is 8.07. The Bertz CT molecular complexity index is 1040. The van der Waals surface area contributed by atoms with Crippen molar-refractivity contribution in [3.05, 3.63) is 86.7 Å². The summed E-state index contributed by atoms with van der Waals surface area (Å²) >= 11 is 7.67. The average molecular weight is 388 g/mol. The smallest absolute Gasteiger partial charge is 0.325 e. The van der Waals surface area contributed by atoms with Gasteiger partial charge in [0.15, 0.2) is 0 Å². The fourth-order valence-electron chi connectivity index (χ4n) is 2.18. The van der Waals surface area contributed by atoms with E-state index >= 15 is 0 Å². The lowest BCUT2D eigenvalue weighted by molar-refractivity contribution is -0.116. The Labute approximate surface area is 157 Å². The van der Waals surface area contributed by atoms with Gasteiger partial charge in [0.05, 0.1) is 5.02 Å². The summed E-state index contributed by atoms with van der Waals surface area (Å²) in [5.41, 5.74) is -0.520. The maximum absolute atomic E-state index is 12.1. The van der Waals surface area contributed by atoms with Gasteiger partial charge < -0.3 is 5.32 Å².